The number of halogens is 2. The Balaban J connectivity index is 1.29. The van der Waals surface area contributed by atoms with Crippen LogP contribution in [0.3, 0.4) is 0 Å². The van der Waals surface area contributed by atoms with E-state index in [1.807, 2.05) is 0 Å². The van der Waals surface area contributed by atoms with Crippen LogP contribution in [0.15, 0.2) is 76.5 Å². The van der Waals surface area contributed by atoms with E-state index in [0.29, 0.717) is 24.9 Å². The van der Waals surface area contributed by atoms with Crippen LogP contribution in [-0.2, 0) is 34.5 Å². The minimum atomic E-state index is -3.71. The molecule has 0 spiro atoms. The molecule has 0 aliphatic carbocycles. The minimum absolute atomic E-state index is 0.0364. The summed E-state index contributed by atoms with van der Waals surface area (Å²) in [6, 6.07) is 15.4. The van der Waals surface area contributed by atoms with E-state index < -0.39 is 53.8 Å². The summed E-state index contributed by atoms with van der Waals surface area (Å²) in [5, 5.41) is 0. The number of nitrogens with one attached hydrogen (secondary N) is 1. The van der Waals surface area contributed by atoms with Crippen molar-refractivity contribution in [3.05, 3.63) is 89.5 Å². The van der Waals surface area contributed by atoms with Gasteiger partial charge < -0.3 is 9.64 Å². The Hall–Kier alpha value is -3.40. The first kappa shape index (κ1) is 36.4. The summed E-state index contributed by atoms with van der Waals surface area (Å²) in [6.45, 7) is 1.56. The van der Waals surface area contributed by atoms with Gasteiger partial charge in [0.1, 0.15) is 17.4 Å². The molecule has 1 N–H and O–H groups in total. The molecule has 3 aromatic rings. The van der Waals surface area contributed by atoms with E-state index in [1.165, 1.54) is 48.5 Å². The predicted molar refractivity (Wildman–Crippen MR) is 173 cm³/mol. The molecular weight excluding hydrogens is 675 g/mol. The lowest BCUT2D eigenvalue weighted by Crippen LogP contribution is -2.35. The SMILES string of the molecule is CS(=O)(=O)NC(=O)COc1ccc(S(=O)(=O)CCC2CCN(CCC(c3ccc(S(C)(=O)=O)cc3)c3cc(F)cc(F)c3)CC2)cc1. The number of piperidine rings is 1. The maximum absolute atomic E-state index is 14.1. The van der Waals surface area contributed by atoms with Gasteiger partial charge in [0.25, 0.3) is 5.91 Å². The second kappa shape index (κ2) is 15.2. The molecule has 4 rings (SSSR count). The summed E-state index contributed by atoms with van der Waals surface area (Å²) in [6.07, 6.45) is 4.57. The van der Waals surface area contributed by atoms with E-state index in [-0.39, 0.29) is 33.1 Å². The minimum Gasteiger partial charge on any atom is -0.484 e. The number of carbonyl (C=O) groups excluding carboxylic acids is 1. The van der Waals surface area contributed by atoms with Gasteiger partial charge in [-0.25, -0.2) is 34.0 Å². The number of amides is 1. The zero-order chi connectivity index (χ0) is 34.4. The normalized spacial score (nSPS) is 15.7. The van der Waals surface area contributed by atoms with Crippen LogP contribution in [0, 0.1) is 17.6 Å². The van der Waals surface area contributed by atoms with Crippen LogP contribution in [0.2, 0.25) is 0 Å². The van der Waals surface area contributed by atoms with Crippen molar-refractivity contribution in [3.63, 3.8) is 0 Å². The van der Waals surface area contributed by atoms with Crippen molar-refractivity contribution in [1.29, 1.82) is 0 Å². The second-order valence-electron chi connectivity index (χ2n) is 11.8. The van der Waals surface area contributed by atoms with Crippen molar-refractivity contribution in [1.82, 2.24) is 9.62 Å². The molecule has 0 bridgehead atoms. The molecule has 1 aliphatic heterocycles. The molecule has 1 fully saturated rings. The zero-order valence-electron chi connectivity index (χ0n) is 26.1. The van der Waals surface area contributed by atoms with Crippen molar-refractivity contribution < 1.29 is 43.6 Å². The summed E-state index contributed by atoms with van der Waals surface area (Å²) in [5.74, 6) is -2.20. The average molecular weight is 713 g/mol. The molecule has 0 radical (unpaired) electrons. The lowest BCUT2D eigenvalue weighted by atomic mass is 9.87. The van der Waals surface area contributed by atoms with Crippen molar-refractivity contribution in [2.45, 2.75) is 41.4 Å². The van der Waals surface area contributed by atoms with Gasteiger partial charge in [-0.15, -0.1) is 0 Å². The van der Waals surface area contributed by atoms with Crippen LogP contribution in [0.5, 0.6) is 5.75 Å². The fourth-order valence-corrected chi connectivity index (χ4v) is 8.16. The van der Waals surface area contributed by atoms with E-state index in [1.54, 1.807) is 16.9 Å². The lowest BCUT2D eigenvalue weighted by Gasteiger charge is -2.33. The number of carbonyl (C=O) groups is 1. The molecule has 3 aromatic carbocycles. The van der Waals surface area contributed by atoms with E-state index >= 15 is 0 Å². The Morgan fingerprint density at radius 2 is 1.43 bits per heavy atom. The molecule has 1 amide bonds. The molecule has 256 valence electrons. The van der Waals surface area contributed by atoms with Gasteiger partial charge in [0, 0.05) is 18.2 Å². The zero-order valence-corrected chi connectivity index (χ0v) is 28.5. The van der Waals surface area contributed by atoms with Crippen LogP contribution in [-0.4, -0.2) is 80.6 Å². The Bertz CT molecular complexity index is 1860. The first-order chi connectivity index (χ1) is 22.0. The fourth-order valence-electron chi connectivity index (χ4n) is 5.63. The summed E-state index contributed by atoms with van der Waals surface area (Å²) in [4.78, 5) is 14.1. The van der Waals surface area contributed by atoms with Crippen molar-refractivity contribution in [2.24, 2.45) is 5.92 Å². The summed E-state index contributed by atoms with van der Waals surface area (Å²) >= 11 is 0. The van der Waals surface area contributed by atoms with Crippen LogP contribution >= 0.6 is 0 Å². The van der Waals surface area contributed by atoms with E-state index in [2.05, 4.69) is 4.90 Å². The first-order valence-electron chi connectivity index (χ1n) is 14.9. The molecule has 1 atom stereocenters. The largest absolute Gasteiger partial charge is 0.484 e. The van der Waals surface area contributed by atoms with Gasteiger partial charge in [-0.1, -0.05) is 12.1 Å². The highest BCUT2D eigenvalue weighted by molar-refractivity contribution is 7.91. The van der Waals surface area contributed by atoms with E-state index in [9.17, 15) is 38.8 Å². The van der Waals surface area contributed by atoms with Crippen molar-refractivity contribution in [3.8, 4) is 5.75 Å². The van der Waals surface area contributed by atoms with Crippen molar-refractivity contribution >= 4 is 35.6 Å². The number of ether oxygens (including phenoxy) is 1. The number of likely N-dealkylation sites (tertiary alicyclic amines) is 1. The molecule has 0 aromatic heterocycles. The third-order valence-corrected chi connectivity index (χ3v) is 11.6. The summed E-state index contributed by atoms with van der Waals surface area (Å²) < 4.78 is 107. The van der Waals surface area contributed by atoms with Gasteiger partial charge in [-0.2, -0.15) is 0 Å². The highest BCUT2D eigenvalue weighted by Crippen LogP contribution is 2.32. The second-order valence-corrected chi connectivity index (χ2v) is 17.7. The van der Waals surface area contributed by atoms with Gasteiger partial charge in [0.15, 0.2) is 26.3 Å². The number of hydrogen-bond acceptors (Lipinski definition) is 9. The number of nitrogens with zero attached hydrogens (tertiary/aromatic N) is 1. The lowest BCUT2D eigenvalue weighted by molar-refractivity contribution is -0.121. The van der Waals surface area contributed by atoms with E-state index in [0.717, 1.165) is 50.1 Å². The molecule has 1 aliphatic rings. The molecule has 15 heteroatoms. The van der Waals surface area contributed by atoms with Gasteiger partial charge in [-0.3, -0.25) is 9.52 Å². The average Bonchev–Trinajstić information content (AvgIpc) is 2.98. The van der Waals surface area contributed by atoms with Crippen LogP contribution in [0.25, 0.3) is 0 Å². The van der Waals surface area contributed by atoms with Crippen LogP contribution < -0.4 is 9.46 Å². The van der Waals surface area contributed by atoms with Gasteiger partial charge >= 0.3 is 0 Å². The maximum atomic E-state index is 14.1. The molecular formula is C32H38F2N2O8S3. The smallest absolute Gasteiger partial charge is 0.271 e. The molecule has 1 saturated heterocycles. The summed E-state index contributed by atoms with van der Waals surface area (Å²) in [5.41, 5.74) is 1.21. The number of hydrogen-bond donors (Lipinski definition) is 1. The standard InChI is InChI=1S/C32H38F2N2O8S3/c1-45(38,39)29-7-3-24(4-8-29)31(25-19-26(33)21-27(34)20-25)13-17-36-15-11-23(12-16-36)14-18-47(42,43)30-9-5-28(6-10-30)44-22-32(37)35-46(2,40)41/h3-10,19-21,23,31H,11-18,22H2,1-2H3,(H,35,37). The maximum Gasteiger partial charge on any atom is 0.271 e. The molecule has 10 nitrogen and oxygen atoms in total. The van der Waals surface area contributed by atoms with E-state index in [4.69, 9.17) is 4.74 Å². The Morgan fingerprint density at radius 3 is 1.98 bits per heavy atom. The number of sulfone groups is 2. The highest BCUT2D eigenvalue weighted by Gasteiger charge is 2.25. The topological polar surface area (TPSA) is 144 Å². The van der Waals surface area contributed by atoms with Gasteiger partial charge in [-0.05, 0) is 111 Å². The fraction of sp³-hybridized carbons (Fsp3) is 0.406. The quantitative estimate of drug-likeness (QED) is 0.263. The molecule has 0 saturated carbocycles. The molecule has 1 heterocycles. The van der Waals surface area contributed by atoms with Crippen molar-refractivity contribution in [2.75, 3.05) is 44.5 Å². The molecule has 47 heavy (non-hydrogen) atoms. The number of benzene rings is 3. The Morgan fingerprint density at radius 1 is 0.851 bits per heavy atom. The summed E-state index contributed by atoms with van der Waals surface area (Å²) in [7, 11) is -10.7. The number of sulfonamides is 1. The Labute approximate surface area is 275 Å². The van der Waals surface area contributed by atoms with Gasteiger partial charge in [0.2, 0.25) is 10.0 Å². The molecule has 1 unspecified atom stereocenters. The number of rotatable bonds is 14. The third kappa shape index (κ3) is 11.1. The highest BCUT2D eigenvalue weighted by atomic mass is 32.2. The van der Waals surface area contributed by atoms with Crippen LogP contribution in [0.4, 0.5) is 8.78 Å². The monoisotopic (exact) mass is 712 g/mol. The third-order valence-electron chi connectivity index (χ3n) is 8.09. The van der Waals surface area contributed by atoms with Gasteiger partial charge in [0.05, 0.1) is 21.8 Å². The van der Waals surface area contributed by atoms with Crippen LogP contribution in [0.1, 0.15) is 42.7 Å². The Kier molecular flexibility index (Phi) is 11.8. The first-order valence-corrected chi connectivity index (χ1v) is 20.4. The predicted octanol–water partition coefficient (Wildman–Crippen LogP) is 3.92.